The lowest BCUT2D eigenvalue weighted by molar-refractivity contribution is 0.00973. The van der Waals surface area contributed by atoms with Crippen molar-refractivity contribution in [3.05, 3.63) is 29.7 Å². The van der Waals surface area contributed by atoms with Crippen LogP contribution in [0.2, 0.25) is 0 Å². The van der Waals surface area contributed by atoms with Gasteiger partial charge in [-0.2, -0.15) is 4.98 Å². The van der Waals surface area contributed by atoms with Crippen molar-refractivity contribution in [3.63, 3.8) is 0 Å². The summed E-state index contributed by atoms with van der Waals surface area (Å²) in [5.41, 5.74) is 1.02. The number of hydrogen-bond acceptors (Lipinski definition) is 5. The summed E-state index contributed by atoms with van der Waals surface area (Å²) in [6.45, 7) is 5.68. The fourth-order valence-corrected chi connectivity index (χ4v) is 1.33. The maximum Gasteiger partial charge on any atom is 0.276 e. The minimum absolute atomic E-state index is 0.411. The van der Waals surface area contributed by atoms with E-state index in [4.69, 9.17) is 9.26 Å². The van der Waals surface area contributed by atoms with Crippen molar-refractivity contribution in [2.24, 2.45) is 0 Å². The maximum absolute atomic E-state index is 5.29. The van der Waals surface area contributed by atoms with E-state index in [1.165, 1.54) is 0 Å². The molecule has 0 amide bonds. The number of aromatic nitrogens is 3. The standard InChI is InChI=1S/C12H15N3O2/c1-8-6-5-7-9(13-8)10-14-11(15-17-10)12(2,3)16-4/h5-7H,1-4H3. The Morgan fingerprint density at radius 2 is 2.00 bits per heavy atom. The minimum Gasteiger partial charge on any atom is -0.371 e. The highest BCUT2D eigenvalue weighted by Crippen LogP contribution is 2.23. The van der Waals surface area contributed by atoms with Gasteiger partial charge in [0.2, 0.25) is 5.82 Å². The average Bonchev–Trinajstić information content (AvgIpc) is 2.79. The van der Waals surface area contributed by atoms with E-state index < -0.39 is 5.60 Å². The Kier molecular flexibility index (Phi) is 2.93. The zero-order valence-electron chi connectivity index (χ0n) is 10.4. The molecule has 0 aliphatic carbocycles. The molecule has 0 spiro atoms. The van der Waals surface area contributed by atoms with Gasteiger partial charge >= 0.3 is 0 Å². The summed E-state index contributed by atoms with van der Waals surface area (Å²) in [4.78, 5) is 8.63. The number of pyridine rings is 1. The molecule has 0 saturated heterocycles. The van der Waals surface area contributed by atoms with Crippen LogP contribution in [0.1, 0.15) is 25.4 Å². The Hall–Kier alpha value is -1.75. The third-order valence-electron chi connectivity index (χ3n) is 2.58. The Labute approximate surface area is 99.8 Å². The Balaban J connectivity index is 2.36. The van der Waals surface area contributed by atoms with Crippen molar-refractivity contribution < 1.29 is 9.26 Å². The molecule has 0 aliphatic rings. The van der Waals surface area contributed by atoms with Gasteiger partial charge in [0.05, 0.1) is 0 Å². The first-order chi connectivity index (χ1) is 8.03. The van der Waals surface area contributed by atoms with Gasteiger partial charge in [0.25, 0.3) is 5.89 Å². The van der Waals surface area contributed by atoms with Crippen LogP contribution in [0, 0.1) is 6.92 Å². The quantitative estimate of drug-likeness (QED) is 0.814. The SMILES string of the molecule is COC(C)(C)c1noc(-c2cccc(C)n2)n1. The molecule has 0 N–H and O–H groups in total. The molecule has 0 fully saturated rings. The summed E-state index contributed by atoms with van der Waals surface area (Å²) < 4.78 is 10.5. The van der Waals surface area contributed by atoms with Crippen molar-refractivity contribution >= 4 is 0 Å². The Morgan fingerprint density at radius 3 is 2.65 bits per heavy atom. The number of rotatable bonds is 3. The van der Waals surface area contributed by atoms with E-state index in [-0.39, 0.29) is 0 Å². The van der Waals surface area contributed by atoms with E-state index in [0.29, 0.717) is 17.4 Å². The maximum atomic E-state index is 5.29. The molecule has 5 nitrogen and oxygen atoms in total. The average molecular weight is 233 g/mol. The summed E-state index contributed by atoms with van der Waals surface area (Å²) >= 11 is 0. The van der Waals surface area contributed by atoms with E-state index >= 15 is 0 Å². The van der Waals surface area contributed by atoms with Gasteiger partial charge in [0.15, 0.2) is 0 Å². The molecule has 0 atom stereocenters. The van der Waals surface area contributed by atoms with Crippen molar-refractivity contribution in [1.29, 1.82) is 0 Å². The van der Waals surface area contributed by atoms with Crippen LogP contribution in [-0.4, -0.2) is 22.2 Å². The van der Waals surface area contributed by atoms with Crippen LogP contribution < -0.4 is 0 Å². The highest BCUT2D eigenvalue weighted by Gasteiger charge is 2.26. The van der Waals surface area contributed by atoms with Crippen LogP contribution in [0.25, 0.3) is 11.6 Å². The van der Waals surface area contributed by atoms with Crippen molar-refractivity contribution in [2.75, 3.05) is 7.11 Å². The summed E-state index contributed by atoms with van der Waals surface area (Å²) in [7, 11) is 1.61. The molecule has 5 heteroatoms. The molecular formula is C12H15N3O2. The molecule has 0 saturated carbocycles. The van der Waals surface area contributed by atoms with E-state index in [9.17, 15) is 0 Å². The molecule has 0 bridgehead atoms. The van der Waals surface area contributed by atoms with Crippen molar-refractivity contribution in [1.82, 2.24) is 15.1 Å². The number of hydrogen-bond donors (Lipinski definition) is 0. The van der Waals surface area contributed by atoms with E-state index in [1.54, 1.807) is 7.11 Å². The van der Waals surface area contributed by atoms with Crippen LogP contribution in [0.15, 0.2) is 22.7 Å². The second kappa shape index (κ2) is 4.25. The van der Waals surface area contributed by atoms with Gasteiger partial charge in [-0.05, 0) is 32.9 Å². The number of ether oxygens (including phenoxy) is 1. The van der Waals surface area contributed by atoms with Gasteiger partial charge < -0.3 is 9.26 Å². The lowest BCUT2D eigenvalue weighted by Crippen LogP contribution is -2.21. The smallest absolute Gasteiger partial charge is 0.276 e. The number of methoxy groups -OCH3 is 1. The first-order valence-electron chi connectivity index (χ1n) is 5.36. The van der Waals surface area contributed by atoms with E-state index in [0.717, 1.165) is 5.69 Å². The van der Waals surface area contributed by atoms with E-state index in [1.807, 2.05) is 39.0 Å². The second-order valence-corrected chi connectivity index (χ2v) is 4.30. The lowest BCUT2D eigenvalue weighted by atomic mass is 10.1. The van der Waals surface area contributed by atoms with Crippen LogP contribution in [0.5, 0.6) is 0 Å². The predicted molar refractivity (Wildman–Crippen MR) is 62.3 cm³/mol. The molecule has 90 valence electrons. The summed E-state index contributed by atoms with van der Waals surface area (Å²) in [6.07, 6.45) is 0. The normalized spacial score (nSPS) is 11.8. The molecule has 0 aromatic carbocycles. The Bertz CT molecular complexity index is 520. The zero-order chi connectivity index (χ0) is 12.5. The lowest BCUT2D eigenvalue weighted by Gasteiger charge is -2.17. The molecule has 2 aromatic heterocycles. The van der Waals surface area contributed by atoms with Gasteiger partial charge in [0, 0.05) is 12.8 Å². The number of aryl methyl sites for hydroxylation is 1. The number of nitrogens with zero attached hydrogens (tertiary/aromatic N) is 3. The van der Waals surface area contributed by atoms with E-state index in [2.05, 4.69) is 15.1 Å². The van der Waals surface area contributed by atoms with Crippen molar-refractivity contribution in [2.45, 2.75) is 26.4 Å². The molecule has 2 aromatic rings. The highest BCUT2D eigenvalue weighted by molar-refractivity contribution is 5.46. The molecule has 0 unspecified atom stereocenters. The topological polar surface area (TPSA) is 61.0 Å². The largest absolute Gasteiger partial charge is 0.371 e. The fraction of sp³-hybridized carbons (Fsp3) is 0.417. The van der Waals surface area contributed by atoms with Gasteiger partial charge in [-0.25, -0.2) is 4.98 Å². The molecule has 0 aliphatic heterocycles. The zero-order valence-corrected chi connectivity index (χ0v) is 10.4. The molecule has 2 heterocycles. The molecule has 17 heavy (non-hydrogen) atoms. The minimum atomic E-state index is -0.564. The van der Waals surface area contributed by atoms with Crippen LogP contribution in [-0.2, 0) is 10.3 Å². The fourth-order valence-electron chi connectivity index (χ4n) is 1.33. The van der Waals surface area contributed by atoms with Gasteiger partial charge in [-0.1, -0.05) is 11.2 Å². The van der Waals surface area contributed by atoms with Crippen LogP contribution in [0.3, 0.4) is 0 Å². The predicted octanol–water partition coefficient (Wildman–Crippen LogP) is 2.32. The van der Waals surface area contributed by atoms with Gasteiger partial charge in [-0.3, -0.25) is 0 Å². The third kappa shape index (κ3) is 2.34. The summed E-state index contributed by atoms with van der Waals surface area (Å²) in [5.74, 6) is 0.923. The van der Waals surface area contributed by atoms with Crippen LogP contribution >= 0.6 is 0 Å². The highest BCUT2D eigenvalue weighted by atomic mass is 16.5. The second-order valence-electron chi connectivity index (χ2n) is 4.30. The Morgan fingerprint density at radius 1 is 1.24 bits per heavy atom. The molecule has 0 radical (unpaired) electrons. The third-order valence-corrected chi connectivity index (χ3v) is 2.58. The first-order valence-corrected chi connectivity index (χ1v) is 5.36. The van der Waals surface area contributed by atoms with Crippen molar-refractivity contribution in [3.8, 4) is 11.6 Å². The molecular weight excluding hydrogens is 218 g/mol. The van der Waals surface area contributed by atoms with Gasteiger partial charge in [0.1, 0.15) is 11.3 Å². The summed E-state index contributed by atoms with van der Waals surface area (Å²) in [5, 5.41) is 3.91. The monoisotopic (exact) mass is 233 g/mol. The van der Waals surface area contributed by atoms with Crippen LogP contribution in [0.4, 0.5) is 0 Å². The van der Waals surface area contributed by atoms with Gasteiger partial charge in [-0.15, -0.1) is 0 Å². The summed E-state index contributed by atoms with van der Waals surface area (Å²) in [6, 6.07) is 5.66. The molecule has 2 rings (SSSR count). The first kappa shape index (κ1) is 11.7.